The quantitative estimate of drug-likeness (QED) is 0.518. The van der Waals surface area contributed by atoms with Gasteiger partial charge in [0.2, 0.25) is 0 Å². The van der Waals surface area contributed by atoms with Crippen LogP contribution < -0.4 is 5.73 Å². The molecule has 0 bridgehead atoms. The van der Waals surface area contributed by atoms with Crippen LogP contribution in [0.3, 0.4) is 0 Å². The summed E-state index contributed by atoms with van der Waals surface area (Å²) >= 11 is 0. The summed E-state index contributed by atoms with van der Waals surface area (Å²) < 4.78 is 0. The molecule has 3 atom stereocenters. The molecule has 0 aliphatic carbocycles. The van der Waals surface area contributed by atoms with Gasteiger partial charge in [0.15, 0.2) is 0 Å². The highest BCUT2D eigenvalue weighted by atomic mass is 16.3. The highest BCUT2D eigenvalue weighted by Gasteiger charge is 2.09. The van der Waals surface area contributed by atoms with Crippen LogP contribution in [0.2, 0.25) is 0 Å². The first kappa shape index (κ1) is 9.88. The standard InChI is InChI=1S/C7H17NO2/c1-5(9)3-4-7(8)6(2)10/h5-7,9-10H,3-4,8H2,1-2H3. The van der Waals surface area contributed by atoms with Crippen LogP contribution in [0.25, 0.3) is 0 Å². The van der Waals surface area contributed by atoms with Gasteiger partial charge in [-0.25, -0.2) is 0 Å². The highest BCUT2D eigenvalue weighted by molar-refractivity contribution is 4.67. The van der Waals surface area contributed by atoms with E-state index in [-0.39, 0.29) is 12.1 Å². The molecule has 0 aliphatic rings. The predicted molar refractivity (Wildman–Crippen MR) is 40.6 cm³/mol. The number of aliphatic hydroxyl groups excluding tert-OH is 2. The summed E-state index contributed by atoms with van der Waals surface area (Å²) in [6, 6.07) is -0.199. The molecular formula is C7H17NO2. The van der Waals surface area contributed by atoms with Crippen LogP contribution in [-0.2, 0) is 0 Å². The lowest BCUT2D eigenvalue weighted by atomic mass is 10.1. The maximum atomic E-state index is 8.93. The molecule has 0 aliphatic heterocycles. The molecule has 0 saturated heterocycles. The minimum Gasteiger partial charge on any atom is -0.393 e. The van der Waals surface area contributed by atoms with E-state index in [2.05, 4.69) is 0 Å². The summed E-state index contributed by atoms with van der Waals surface area (Å²) in [6.45, 7) is 3.38. The van der Waals surface area contributed by atoms with E-state index in [1.807, 2.05) is 0 Å². The smallest absolute Gasteiger partial charge is 0.0663 e. The molecule has 3 unspecified atom stereocenters. The molecule has 0 aromatic rings. The van der Waals surface area contributed by atoms with E-state index in [1.165, 1.54) is 0 Å². The molecule has 0 heterocycles. The van der Waals surface area contributed by atoms with Crippen LogP contribution in [0.4, 0.5) is 0 Å². The average molecular weight is 147 g/mol. The van der Waals surface area contributed by atoms with Crippen LogP contribution in [0.1, 0.15) is 26.7 Å². The molecule has 0 spiro atoms. The lowest BCUT2D eigenvalue weighted by Crippen LogP contribution is -2.32. The van der Waals surface area contributed by atoms with Crippen molar-refractivity contribution in [3.63, 3.8) is 0 Å². The van der Waals surface area contributed by atoms with Gasteiger partial charge in [-0.05, 0) is 26.7 Å². The van der Waals surface area contributed by atoms with Gasteiger partial charge in [-0.15, -0.1) is 0 Å². The van der Waals surface area contributed by atoms with Crippen molar-refractivity contribution in [3.05, 3.63) is 0 Å². The SMILES string of the molecule is CC(O)CCC(N)C(C)O. The Morgan fingerprint density at radius 1 is 1.20 bits per heavy atom. The molecule has 62 valence electrons. The summed E-state index contributed by atoms with van der Waals surface area (Å²) in [4.78, 5) is 0. The fourth-order valence-corrected chi connectivity index (χ4v) is 0.675. The Kier molecular flexibility index (Phi) is 4.60. The van der Waals surface area contributed by atoms with Crippen molar-refractivity contribution in [2.45, 2.75) is 44.9 Å². The van der Waals surface area contributed by atoms with Crippen molar-refractivity contribution in [2.75, 3.05) is 0 Å². The second kappa shape index (κ2) is 4.66. The lowest BCUT2D eigenvalue weighted by Gasteiger charge is -2.14. The first-order chi connectivity index (χ1) is 4.54. The van der Waals surface area contributed by atoms with Gasteiger partial charge in [-0.3, -0.25) is 0 Å². The van der Waals surface area contributed by atoms with Gasteiger partial charge in [-0.1, -0.05) is 0 Å². The largest absolute Gasteiger partial charge is 0.393 e. The number of hydrogen-bond acceptors (Lipinski definition) is 3. The Morgan fingerprint density at radius 3 is 2.00 bits per heavy atom. The third kappa shape index (κ3) is 4.73. The Morgan fingerprint density at radius 2 is 1.70 bits per heavy atom. The molecule has 3 nitrogen and oxygen atoms in total. The summed E-state index contributed by atoms with van der Waals surface area (Å²) in [5.41, 5.74) is 5.50. The second-order valence-corrected chi connectivity index (χ2v) is 2.83. The van der Waals surface area contributed by atoms with Gasteiger partial charge in [0.1, 0.15) is 0 Å². The number of nitrogens with two attached hydrogens (primary N) is 1. The summed E-state index contributed by atoms with van der Waals surface area (Å²) in [5, 5.41) is 17.8. The van der Waals surface area contributed by atoms with E-state index in [9.17, 15) is 0 Å². The Balaban J connectivity index is 3.30. The van der Waals surface area contributed by atoms with Crippen molar-refractivity contribution < 1.29 is 10.2 Å². The molecule has 0 aromatic carbocycles. The highest BCUT2D eigenvalue weighted by Crippen LogP contribution is 2.02. The maximum absolute atomic E-state index is 8.93. The van der Waals surface area contributed by atoms with Gasteiger partial charge in [0.25, 0.3) is 0 Å². The molecule has 4 N–H and O–H groups in total. The number of rotatable bonds is 4. The van der Waals surface area contributed by atoms with Gasteiger partial charge in [0.05, 0.1) is 12.2 Å². The van der Waals surface area contributed by atoms with Gasteiger partial charge in [-0.2, -0.15) is 0 Å². The lowest BCUT2D eigenvalue weighted by molar-refractivity contribution is 0.136. The molecule has 0 aromatic heterocycles. The number of hydrogen-bond donors (Lipinski definition) is 3. The van der Waals surface area contributed by atoms with E-state index in [4.69, 9.17) is 15.9 Å². The Bertz CT molecular complexity index is 83.7. The first-order valence-electron chi connectivity index (χ1n) is 3.65. The van der Waals surface area contributed by atoms with Gasteiger partial charge in [0, 0.05) is 6.04 Å². The molecule has 0 rings (SSSR count). The third-order valence-corrected chi connectivity index (χ3v) is 1.54. The van der Waals surface area contributed by atoms with E-state index in [0.717, 1.165) is 0 Å². The summed E-state index contributed by atoms with van der Waals surface area (Å²) in [5.74, 6) is 0. The maximum Gasteiger partial charge on any atom is 0.0663 e. The second-order valence-electron chi connectivity index (χ2n) is 2.83. The van der Waals surface area contributed by atoms with Crippen LogP contribution in [0, 0.1) is 0 Å². The zero-order valence-corrected chi connectivity index (χ0v) is 6.62. The summed E-state index contributed by atoms with van der Waals surface area (Å²) in [6.07, 6.45) is 0.546. The number of aliphatic hydroxyl groups is 2. The fourth-order valence-electron chi connectivity index (χ4n) is 0.675. The molecule has 3 heteroatoms. The Hall–Kier alpha value is -0.120. The first-order valence-corrected chi connectivity index (χ1v) is 3.65. The normalized spacial score (nSPS) is 20.1. The zero-order valence-electron chi connectivity index (χ0n) is 6.62. The predicted octanol–water partition coefficient (Wildman–Crippen LogP) is -0.144. The van der Waals surface area contributed by atoms with Crippen LogP contribution >= 0.6 is 0 Å². The average Bonchev–Trinajstić information content (AvgIpc) is 1.82. The molecule has 0 fully saturated rings. The van der Waals surface area contributed by atoms with E-state index in [0.29, 0.717) is 12.8 Å². The van der Waals surface area contributed by atoms with Crippen LogP contribution in [0.15, 0.2) is 0 Å². The summed E-state index contributed by atoms with van der Waals surface area (Å²) in [7, 11) is 0. The third-order valence-electron chi connectivity index (χ3n) is 1.54. The van der Waals surface area contributed by atoms with E-state index >= 15 is 0 Å². The van der Waals surface area contributed by atoms with E-state index in [1.54, 1.807) is 13.8 Å². The van der Waals surface area contributed by atoms with Crippen molar-refractivity contribution >= 4 is 0 Å². The minimum absolute atomic E-state index is 0.199. The molecule has 0 radical (unpaired) electrons. The van der Waals surface area contributed by atoms with Crippen molar-refractivity contribution in [1.29, 1.82) is 0 Å². The molecular weight excluding hydrogens is 130 g/mol. The van der Waals surface area contributed by atoms with Crippen LogP contribution in [0.5, 0.6) is 0 Å². The zero-order chi connectivity index (χ0) is 8.15. The molecule has 0 amide bonds. The fraction of sp³-hybridized carbons (Fsp3) is 1.00. The van der Waals surface area contributed by atoms with Crippen molar-refractivity contribution in [3.8, 4) is 0 Å². The monoisotopic (exact) mass is 147 g/mol. The van der Waals surface area contributed by atoms with Crippen molar-refractivity contribution in [1.82, 2.24) is 0 Å². The minimum atomic E-state index is -0.473. The van der Waals surface area contributed by atoms with Gasteiger partial charge >= 0.3 is 0 Å². The van der Waals surface area contributed by atoms with E-state index < -0.39 is 6.10 Å². The van der Waals surface area contributed by atoms with Crippen LogP contribution in [-0.4, -0.2) is 28.5 Å². The Labute approximate surface area is 61.9 Å². The van der Waals surface area contributed by atoms with Gasteiger partial charge < -0.3 is 15.9 Å². The molecule has 0 saturated carbocycles. The molecule has 10 heavy (non-hydrogen) atoms. The topological polar surface area (TPSA) is 66.5 Å². The van der Waals surface area contributed by atoms with Crippen molar-refractivity contribution in [2.24, 2.45) is 5.73 Å².